The minimum atomic E-state index is -1.01. The second kappa shape index (κ2) is 8.71. The monoisotopic (exact) mass is 456 g/mol. The van der Waals surface area contributed by atoms with Crippen molar-refractivity contribution in [3.05, 3.63) is 76.2 Å². The maximum Gasteiger partial charge on any atom is 0.253 e. The van der Waals surface area contributed by atoms with Crippen LogP contribution < -0.4 is 0 Å². The number of hydrogen-bond donors (Lipinski definition) is 2. The molecule has 174 valence electrons. The van der Waals surface area contributed by atoms with Crippen LogP contribution in [0.5, 0.6) is 0 Å². The number of nitriles is 1. The third-order valence-electron chi connectivity index (χ3n) is 7.08. The fourth-order valence-corrected chi connectivity index (χ4v) is 4.78. The lowest BCUT2D eigenvalue weighted by Gasteiger charge is -2.39. The summed E-state index contributed by atoms with van der Waals surface area (Å²) in [7, 11) is 0. The van der Waals surface area contributed by atoms with Crippen molar-refractivity contribution in [2.24, 2.45) is 0 Å². The van der Waals surface area contributed by atoms with E-state index < -0.39 is 5.60 Å². The average molecular weight is 457 g/mol. The topological polar surface area (TPSA) is 102 Å². The Kier molecular flexibility index (Phi) is 5.72. The van der Waals surface area contributed by atoms with Crippen molar-refractivity contribution in [2.75, 3.05) is 26.3 Å². The number of amides is 1. The van der Waals surface area contributed by atoms with Gasteiger partial charge in [0.15, 0.2) is 0 Å². The van der Waals surface area contributed by atoms with Crippen molar-refractivity contribution in [3.8, 4) is 17.3 Å². The molecular weight excluding hydrogens is 428 g/mol. The Bertz CT molecular complexity index is 1260. The first-order chi connectivity index (χ1) is 16.4. The molecule has 2 aromatic carbocycles. The minimum Gasteiger partial charge on any atom is -0.382 e. The Morgan fingerprint density at radius 1 is 1.18 bits per heavy atom. The molecule has 2 aliphatic heterocycles. The lowest BCUT2D eigenvalue weighted by atomic mass is 9.90. The van der Waals surface area contributed by atoms with Crippen LogP contribution in [0.4, 0.5) is 0 Å². The number of aromatic nitrogens is 2. The first kappa shape index (κ1) is 22.3. The van der Waals surface area contributed by atoms with Crippen molar-refractivity contribution in [3.63, 3.8) is 0 Å². The number of H-pyrrole nitrogens is 1. The van der Waals surface area contributed by atoms with E-state index in [9.17, 15) is 9.90 Å². The van der Waals surface area contributed by atoms with Gasteiger partial charge in [0.25, 0.3) is 5.91 Å². The zero-order chi connectivity index (χ0) is 23.9. The van der Waals surface area contributed by atoms with Gasteiger partial charge >= 0.3 is 0 Å². The third kappa shape index (κ3) is 4.00. The van der Waals surface area contributed by atoms with E-state index in [1.54, 1.807) is 0 Å². The number of ether oxygens (including phenoxy) is 1. The molecule has 2 aliphatic rings. The lowest BCUT2D eigenvalue weighted by molar-refractivity contribution is -0.0729. The maximum atomic E-state index is 13.2. The van der Waals surface area contributed by atoms with Gasteiger partial charge in [0.2, 0.25) is 0 Å². The summed E-state index contributed by atoms with van der Waals surface area (Å²) >= 11 is 0. The van der Waals surface area contributed by atoms with Crippen LogP contribution in [0.15, 0.2) is 42.5 Å². The number of aryl methyl sites for hydroxylation is 2. The summed E-state index contributed by atoms with van der Waals surface area (Å²) in [6, 6.07) is 15.5. The summed E-state index contributed by atoms with van der Waals surface area (Å²) in [5.74, 6) is 0.860. The fraction of sp³-hybridized carbons (Fsp3) is 0.370. The van der Waals surface area contributed by atoms with Crippen molar-refractivity contribution < 1.29 is 14.6 Å². The average Bonchev–Trinajstić information content (AvgIpc) is 3.21. The second-order valence-corrected chi connectivity index (χ2v) is 9.36. The molecule has 2 saturated heterocycles. The zero-order valence-electron chi connectivity index (χ0n) is 19.5. The summed E-state index contributed by atoms with van der Waals surface area (Å²) in [4.78, 5) is 23.0. The van der Waals surface area contributed by atoms with E-state index in [0.29, 0.717) is 62.0 Å². The summed E-state index contributed by atoms with van der Waals surface area (Å²) in [5, 5.41) is 20.0. The van der Waals surface area contributed by atoms with Crippen LogP contribution in [0.1, 0.15) is 57.3 Å². The van der Waals surface area contributed by atoms with Gasteiger partial charge in [-0.15, -0.1) is 0 Å². The molecule has 3 heterocycles. The zero-order valence-corrected chi connectivity index (χ0v) is 19.5. The number of rotatable bonds is 4. The van der Waals surface area contributed by atoms with Crippen LogP contribution in [-0.4, -0.2) is 52.2 Å². The number of carbonyl (C=O) groups excluding carboxylic acids is 1. The predicted octanol–water partition coefficient (Wildman–Crippen LogP) is 3.80. The first-order valence-corrected chi connectivity index (χ1v) is 11.7. The highest BCUT2D eigenvalue weighted by Gasteiger charge is 2.36. The number of nitrogens with zero attached hydrogens (tertiary/aromatic N) is 3. The summed E-state index contributed by atoms with van der Waals surface area (Å²) in [6.07, 6.45) is 1.01. The molecule has 0 atom stereocenters. The van der Waals surface area contributed by atoms with Gasteiger partial charge in [0.1, 0.15) is 11.4 Å². The molecule has 0 spiro atoms. The van der Waals surface area contributed by atoms with E-state index in [-0.39, 0.29) is 5.91 Å². The highest BCUT2D eigenvalue weighted by Crippen LogP contribution is 2.35. The number of benzene rings is 2. The van der Waals surface area contributed by atoms with Gasteiger partial charge in [-0.1, -0.05) is 18.2 Å². The van der Waals surface area contributed by atoms with Gasteiger partial charge in [0, 0.05) is 56.2 Å². The summed E-state index contributed by atoms with van der Waals surface area (Å²) in [5.41, 5.74) is 5.01. The van der Waals surface area contributed by atoms with Gasteiger partial charge < -0.3 is 19.7 Å². The number of aromatic amines is 1. The first-order valence-electron chi connectivity index (χ1n) is 11.7. The number of imidazole rings is 1. The maximum absolute atomic E-state index is 13.2. The molecule has 5 rings (SSSR count). The molecule has 1 aromatic heterocycles. The quantitative estimate of drug-likeness (QED) is 0.622. The van der Waals surface area contributed by atoms with Crippen molar-refractivity contribution in [2.45, 2.75) is 38.2 Å². The molecule has 0 radical (unpaired) electrons. The highest BCUT2D eigenvalue weighted by molar-refractivity contribution is 5.96. The highest BCUT2D eigenvalue weighted by atomic mass is 16.5. The van der Waals surface area contributed by atoms with E-state index in [1.165, 1.54) is 0 Å². The second-order valence-electron chi connectivity index (χ2n) is 9.36. The molecule has 7 nitrogen and oxygen atoms in total. The molecule has 0 unspecified atom stereocenters. The minimum absolute atomic E-state index is 0.00611. The van der Waals surface area contributed by atoms with Gasteiger partial charge in [-0.05, 0) is 49.2 Å². The van der Waals surface area contributed by atoms with Crippen LogP contribution in [-0.2, 0) is 10.3 Å². The standard InChI is InChI=1S/C27H28N4O3/c1-17-3-6-21(25(32)31-15-22(16-31)20-7-4-19(14-28)5-8-20)13-23(17)24-18(2)29-26(30-24)27(33)9-11-34-12-10-27/h3-8,13,22,33H,9-12,15-16H2,1-2H3,(H,29,30). The van der Waals surface area contributed by atoms with Gasteiger partial charge in [-0.25, -0.2) is 4.98 Å². The Morgan fingerprint density at radius 2 is 1.88 bits per heavy atom. The van der Waals surface area contributed by atoms with Crippen LogP contribution in [0, 0.1) is 25.2 Å². The molecule has 1 amide bonds. The van der Waals surface area contributed by atoms with E-state index in [4.69, 9.17) is 10.00 Å². The van der Waals surface area contributed by atoms with Gasteiger partial charge in [-0.3, -0.25) is 4.79 Å². The number of likely N-dealkylation sites (tertiary alicyclic amines) is 1. The van der Waals surface area contributed by atoms with Crippen molar-refractivity contribution in [1.82, 2.24) is 14.9 Å². The molecule has 0 aliphatic carbocycles. The van der Waals surface area contributed by atoms with Crippen LogP contribution in [0.2, 0.25) is 0 Å². The SMILES string of the molecule is Cc1ccc(C(=O)N2CC(c3ccc(C#N)cc3)C2)cc1-c1[nH]c(C2(O)CCOCC2)nc1C. The largest absolute Gasteiger partial charge is 0.382 e. The normalized spacial score (nSPS) is 17.8. The van der Waals surface area contributed by atoms with E-state index in [1.807, 2.05) is 61.2 Å². The Morgan fingerprint density at radius 3 is 2.56 bits per heavy atom. The molecule has 0 saturated carbocycles. The van der Waals surface area contributed by atoms with Crippen molar-refractivity contribution >= 4 is 5.91 Å². The van der Waals surface area contributed by atoms with E-state index >= 15 is 0 Å². The molecular formula is C27H28N4O3. The molecule has 2 N–H and O–H groups in total. The number of aliphatic hydroxyl groups is 1. The lowest BCUT2D eigenvalue weighted by Crippen LogP contribution is -2.48. The number of hydrogen-bond acceptors (Lipinski definition) is 5. The van der Waals surface area contributed by atoms with Crippen LogP contribution >= 0.6 is 0 Å². The Labute approximate surface area is 199 Å². The van der Waals surface area contributed by atoms with E-state index in [0.717, 1.165) is 28.1 Å². The number of nitrogens with one attached hydrogen (secondary N) is 1. The van der Waals surface area contributed by atoms with Crippen molar-refractivity contribution in [1.29, 1.82) is 5.26 Å². The summed E-state index contributed by atoms with van der Waals surface area (Å²) in [6.45, 7) is 6.27. The third-order valence-corrected chi connectivity index (χ3v) is 7.08. The molecule has 7 heteroatoms. The Hall–Kier alpha value is -3.47. The predicted molar refractivity (Wildman–Crippen MR) is 127 cm³/mol. The molecule has 0 bridgehead atoms. The smallest absolute Gasteiger partial charge is 0.253 e. The number of carbonyl (C=O) groups is 1. The molecule has 2 fully saturated rings. The van der Waals surface area contributed by atoms with Crippen LogP contribution in [0.3, 0.4) is 0 Å². The van der Waals surface area contributed by atoms with E-state index in [2.05, 4.69) is 16.0 Å². The fourth-order valence-electron chi connectivity index (χ4n) is 4.78. The van der Waals surface area contributed by atoms with Crippen LogP contribution in [0.25, 0.3) is 11.3 Å². The summed E-state index contributed by atoms with van der Waals surface area (Å²) < 4.78 is 5.40. The van der Waals surface area contributed by atoms with Gasteiger partial charge in [0.05, 0.1) is 23.0 Å². The van der Waals surface area contributed by atoms with Gasteiger partial charge in [-0.2, -0.15) is 5.26 Å². The Balaban J connectivity index is 1.34. The molecule has 34 heavy (non-hydrogen) atoms. The molecule has 3 aromatic rings.